The van der Waals surface area contributed by atoms with E-state index in [4.69, 9.17) is 0 Å². The summed E-state index contributed by atoms with van der Waals surface area (Å²) >= 11 is 0. The number of esters is 1. The van der Waals surface area contributed by atoms with Gasteiger partial charge in [0.05, 0.1) is 25.3 Å². The van der Waals surface area contributed by atoms with Crippen molar-refractivity contribution in [3.05, 3.63) is 53.6 Å². The highest BCUT2D eigenvalue weighted by molar-refractivity contribution is 7.93. The summed E-state index contributed by atoms with van der Waals surface area (Å²) in [5.74, 6) is -2.80. The van der Waals surface area contributed by atoms with Crippen molar-refractivity contribution in [3.63, 3.8) is 0 Å². The van der Waals surface area contributed by atoms with Crippen molar-refractivity contribution in [1.29, 1.82) is 0 Å². The first-order valence-corrected chi connectivity index (χ1v) is 9.48. The third kappa shape index (κ3) is 3.23. The number of ether oxygens (including phenoxy) is 1. The first-order valence-electron chi connectivity index (χ1n) is 8.04. The summed E-state index contributed by atoms with van der Waals surface area (Å²) in [6.45, 7) is 0. The van der Waals surface area contributed by atoms with Gasteiger partial charge in [-0.15, -0.1) is 0 Å². The predicted octanol–water partition coefficient (Wildman–Crippen LogP) is 2.84. The Bertz CT molecular complexity index is 991. The van der Waals surface area contributed by atoms with E-state index in [1.54, 1.807) is 24.3 Å². The van der Waals surface area contributed by atoms with E-state index < -0.39 is 38.6 Å². The molecule has 0 unspecified atom stereocenters. The monoisotopic (exact) mass is 396 g/mol. The summed E-state index contributed by atoms with van der Waals surface area (Å²) in [5.41, 5.74) is 0.967. The first-order chi connectivity index (χ1) is 12.7. The Morgan fingerprint density at radius 3 is 2.37 bits per heavy atom. The van der Waals surface area contributed by atoms with Crippen LogP contribution in [0.2, 0.25) is 0 Å². The minimum Gasteiger partial charge on any atom is -0.469 e. The van der Waals surface area contributed by atoms with Crippen molar-refractivity contribution in [2.24, 2.45) is 0 Å². The van der Waals surface area contributed by atoms with E-state index in [1.165, 1.54) is 0 Å². The molecule has 9 heteroatoms. The van der Waals surface area contributed by atoms with Gasteiger partial charge in [-0.05, 0) is 30.3 Å². The maximum Gasteiger partial charge on any atom is 0.307 e. The molecule has 6 nitrogen and oxygen atoms in total. The van der Waals surface area contributed by atoms with Crippen molar-refractivity contribution in [2.75, 3.05) is 30.4 Å². The molecular weight excluding hydrogens is 378 g/mol. The summed E-state index contributed by atoms with van der Waals surface area (Å²) in [6.07, 6.45) is -0.374. The Labute approximate surface area is 156 Å². The standard InChI is InChI=1S/C18H18F2N2O4S/c1-21(2)12-4-6-13(7-5-12)22-16(10-17(23)26-3)14-8-11(19)9-15(20)18(14)27(22,24)25/h4-9,16H,10H2,1-3H3/t16-/m0/s1. The van der Waals surface area contributed by atoms with Crippen LogP contribution in [0.1, 0.15) is 18.0 Å². The van der Waals surface area contributed by atoms with Crippen LogP contribution in [0, 0.1) is 11.6 Å². The summed E-state index contributed by atoms with van der Waals surface area (Å²) in [7, 11) is 0.507. The molecule has 144 valence electrons. The number of carbonyl (C=O) groups is 1. The quantitative estimate of drug-likeness (QED) is 0.744. The molecule has 0 saturated carbocycles. The van der Waals surface area contributed by atoms with Gasteiger partial charge in [0.15, 0.2) is 0 Å². The predicted molar refractivity (Wildman–Crippen MR) is 96.2 cm³/mol. The van der Waals surface area contributed by atoms with Gasteiger partial charge in [0.2, 0.25) is 0 Å². The molecule has 0 amide bonds. The summed E-state index contributed by atoms with van der Waals surface area (Å²) in [4.78, 5) is 13.1. The van der Waals surface area contributed by atoms with Gasteiger partial charge in [-0.2, -0.15) is 0 Å². The van der Waals surface area contributed by atoms with Gasteiger partial charge < -0.3 is 9.64 Å². The zero-order valence-corrected chi connectivity index (χ0v) is 15.8. The number of benzene rings is 2. The van der Waals surface area contributed by atoms with Crippen molar-refractivity contribution < 1.29 is 26.7 Å². The molecular formula is C18H18F2N2O4S. The number of nitrogens with zero attached hydrogens (tertiary/aromatic N) is 2. The molecule has 1 aliphatic rings. The normalized spacial score (nSPS) is 17.5. The molecule has 0 aliphatic carbocycles. The third-order valence-electron chi connectivity index (χ3n) is 4.40. The van der Waals surface area contributed by atoms with E-state index in [-0.39, 0.29) is 17.7 Å². The number of carbonyl (C=O) groups excluding carboxylic acids is 1. The topological polar surface area (TPSA) is 66.9 Å². The van der Waals surface area contributed by atoms with Crippen LogP contribution in [0.25, 0.3) is 0 Å². The van der Waals surface area contributed by atoms with Crippen molar-refractivity contribution >= 4 is 27.4 Å². The third-order valence-corrected chi connectivity index (χ3v) is 6.33. The first kappa shape index (κ1) is 19.1. The SMILES string of the molecule is COC(=O)C[C@H]1c2cc(F)cc(F)c2S(=O)(=O)N1c1ccc(N(C)C)cc1. The number of rotatable bonds is 4. The minimum atomic E-state index is -4.31. The van der Waals surface area contributed by atoms with Crippen LogP contribution in [0.3, 0.4) is 0 Å². The Hall–Kier alpha value is -2.68. The second-order valence-corrected chi connectivity index (χ2v) is 8.07. The average molecular weight is 396 g/mol. The zero-order chi connectivity index (χ0) is 19.9. The molecule has 0 saturated heterocycles. The molecule has 2 aromatic rings. The fourth-order valence-electron chi connectivity index (χ4n) is 3.14. The fraction of sp³-hybridized carbons (Fsp3) is 0.278. The van der Waals surface area contributed by atoms with Crippen LogP contribution in [0.15, 0.2) is 41.3 Å². The van der Waals surface area contributed by atoms with Crippen LogP contribution >= 0.6 is 0 Å². The van der Waals surface area contributed by atoms with E-state index in [1.807, 2.05) is 19.0 Å². The highest BCUT2D eigenvalue weighted by Gasteiger charge is 2.46. The molecule has 0 spiro atoms. The lowest BCUT2D eigenvalue weighted by Crippen LogP contribution is -2.30. The molecule has 0 bridgehead atoms. The summed E-state index contributed by atoms with van der Waals surface area (Å²) in [6, 6.07) is 6.85. The minimum absolute atomic E-state index is 0.102. The molecule has 1 aliphatic heterocycles. The van der Waals surface area contributed by atoms with Gasteiger partial charge in [-0.3, -0.25) is 9.10 Å². The number of anilines is 2. The maximum atomic E-state index is 14.3. The number of fused-ring (bicyclic) bond motifs is 1. The van der Waals surface area contributed by atoms with Crippen LogP contribution in [-0.2, 0) is 19.6 Å². The number of sulfonamides is 1. The van der Waals surface area contributed by atoms with Crippen LogP contribution in [0.4, 0.5) is 20.2 Å². The smallest absolute Gasteiger partial charge is 0.307 e. The highest BCUT2D eigenvalue weighted by atomic mass is 32.2. The summed E-state index contributed by atoms with van der Waals surface area (Å²) < 4.78 is 59.7. The maximum absolute atomic E-state index is 14.3. The lowest BCUT2D eigenvalue weighted by Gasteiger charge is -2.25. The Morgan fingerprint density at radius 1 is 1.19 bits per heavy atom. The lowest BCUT2D eigenvalue weighted by molar-refractivity contribution is -0.141. The fourth-order valence-corrected chi connectivity index (χ4v) is 5.06. The van der Waals surface area contributed by atoms with Crippen LogP contribution < -0.4 is 9.21 Å². The van der Waals surface area contributed by atoms with E-state index in [0.29, 0.717) is 6.07 Å². The second-order valence-electron chi connectivity index (χ2n) is 6.31. The van der Waals surface area contributed by atoms with E-state index in [2.05, 4.69) is 4.74 Å². The molecule has 27 heavy (non-hydrogen) atoms. The van der Waals surface area contributed by atoms with Gasteiger partial charge in [-0.1, -0.05) is 0 Å². The largest absolute Gasteiger partial charge is 0.469 e. The van der Waals surface area contributed by atoms with Crippen molar-refractivity contribution in [3.8, 4) is 0 Å². The van der Waals surface area contributed by atoms with Gasteiger partial charge >= 0.3 is 5.97 Å². The van der Waals surface area contributed by atoms with Gasteiger partial charge in [0.25, 0.3) is 10.0 Å². The number of halogens is 2. The van der Waals surface area contributed by atoms with E-state index >= 15 is 0 Å². The average Bonchev–Trinajstić information content (AvgIpc) is 2.81. The number of hydrogen-bond donors (Lipinski definition) is 0. The molecule has 0 fully saturated rings. The second kappa shape index (κ2) is 6.80. The number of methoxy groups -OCH3 is 1. The van der Waals surface area contributed by atoms with E-state index in [0.717, 1.165) is 23.2 Å². The molecule has 0 N–H and O–H groups in total. The van der Waals surface area contributed by atoms with Gasteiger partial charge in [0, 0.05) is 31.4 Å². The molecule has 1 atom stereocenters. The highest BCUT2D eigenvalue weighted by Crippen LogP contribution is 2.46. The van der Waals surface area contributed by atoms with Crippen LogP contribution in [-0.4, -0.2) is 35.6 Å². The lowest BCUT2D eigenvalue weighted by atomic mass is 10.0. The molecule has 0 radical (unpaired) electrons. The number of hydrogen-bond acceptors (Lipinski definition) is 5. The Kier molecular flexibility index (Phi) is 4.81. The van der Waals surface area contributed by atoms with Crippen molar-refractivity contribution in [1.82, 2.24) is 0 Å². The zero-order valence-electron chi connectivity index (χ0n) is 14.9. The van der Waals surface area contributed by atoms with Crippen molar-refractivity contribution in [2.45, 2.75) is 17.4 Å². The summed E-state index contributed by atoms with van der Waals surface area (Å²) in [5, 5.41) is 0. The molecule has 2 aromatic carbocycles. The molecule has 1 heterocycles. The van der Waals surface area contributed by atoms with E-state index in [9.17, 15) is 22.0 Å². The van der Waals surface area contributed by atoms with Gasteiger partial charge in [-0.25, -0.2) is 17.2 Å². The van der Waals surface area contributed by atoms with Gasteiger partial charge in [0.1, 0.15) is 16.5 Å². The molecule has 3 rings (SSSR count). The molecule has 0 aromatic heterocycles. The van der Waals surface area contributed by atoms with Crippen LogP contribution in [0.5, 0.6) is 0 Å². The Balaban J connectivity index is 2.18. The Morgan fingerprint density at radius 2 is 1.81 bits per heavy atom.